The number of H-pyrrole nitrogens is 1. The second-order valence-corrected chi connectivity index (χ2v) is 14.0. The van der Waals surface area contributed by atoms with E-state index in [1.165, 1.54) is 12.1 Å². The van der Waals surface area contributed by atoms with E-state index in [1.807, 2.05) is 4.98 Å². The van der Waals surface area contributed by atoms with Crippen LogP contribution in [0.3, 0.4) is 0 Å². The minimum atomic E-state index is -6.05. The smallest absolute Gasteiger partial charge is 0.387 e. The second kappa shape index (κ2) is 12.7. The lowest BCUT2D eigenvalue weighted by atomic mass is 10.1. The Labute approximate surface area is 222 Å². The zero-order valence-corrected chi connectivity index (χ0v) is 23.2. The lowest BCUT2D eigenvalue weighted by Gasteiger charge is -2.20. The molecule has 1 aromatic carbocycles. The van der Waals surface area contributed by atoms with Gasteiger partial charge < -0.3 is 34.5 Å². The van der Waals surface area contributed by atoms with Crippen molar-refractivity contribution in [3.05, 3.63) is 69.0 Å². The van der Waals surface area contributed by atoms with Crippen molar-refractivity contribution in [1.29, 1.82) is 0 Å². The van der Waals surface area contributed by atoms with Gasteiger partial charge in [-0.25, -0.2) is 23.1 Å². The predicted octanol–water partition coefficient (Wildman–Crippen LogP) is -0.159. The number of ether oxygens (including phenoxy) is 1. The third-order valence-electron chi connectivity index (χ3n) is 4.72. The molecule has 24 heteroatoms. The van der Waals surface area contributed by atoms with Gasteiger partial charge in [-0.05, 0) is 5.56 Å². The molecule has 0 amide bonds. The molecule has 7 N–H and O–H groups in total. The van der Waals surface area contributed by atoms with E-state index in [1.54, 1.807) is 18.2 Å². The third-order valence-corrected chi connectivity index (χ3v) is 10.6. The van der Waals surface area contributed by atoms with Gasteiger partial charge in [-0.1, -0.05) is 30.3 Å². The van der Waals surface area contributed by atoms with Gasteiger partial charge in [-0.2, -0.15) is 12.9 Å². The van der Waals surface area contributed by atoms with Gasteiger partial charge in [-0.15, -0.1) is 0 Å². The highest BCUT2D eigenvalue weighted by molar-refractivity contribution is 7.69. The maximum Gasteiger partial charge on any atom is 0.490 e. The molecule has 1 aliphatic heterocycles. The van der Waals surface area contributed by atoms with Crippen molar-refractivity contribution in [2.75, 3.05) is 6.61 Å². The molecule has 1 aromatic heterocycles. The molecule has 20 nitrogen and oxygen atoms in total. The first-order valence-electron chi connectivity index (χ1n) is 10.5. The van der Waals surface area contributed by atoms with Gasteiger partial charge in [0.2, 0.25) is 0 Å². The van der Waals surface area contributed by atoms with Crippen molar-refractivity contribution in [2.45, 2.75) is 31.1 Å². The number of hydrogen-bond acceptors (Lipinski definition) is 14. The van der Waals surface area contributed by atoms with E-state index in [0.717, 1.165) is 12.3 Å². The van der Waals surface area contributed by atoms with Crippen LogP contribution in [0.4, 0.5) is 0 Å². The number of rotatable bonds is 13. The van der Waals surface area contributed by atoms with Gasteiger partial charge >= 0.3 is 37.0 Å². The van der Waals surface area contributed by atoms with Crippen LogP contribution in [0.1, 0.15) is 11.8 Å². The highest BCUT2D eigenvalue weighted by Gasteiger charge is 2.48. The summed E-state index contributed by atoms with van der Waals surface area (Å²) >= 11 is 0. The van der Waals surface area contributed by atoms with Crippen LogP contribution in [0, 0.1) is 0 Å². The molecular formula is C16H22N2O18P4. The summed E-state index contributed by atoms with van der Waals surface area (Å²) in [6.07, 6.45) is -6.01. The number of phosphoric ester groups is 2. The van der Waals surface area contributed by atoms with E-state index in [0.29, 0.717) is 10.1 Å². The molecular weight excluding hydrogens is 632 g/mol. The molecule has 2 aromatic rings. The van der Waals surface area contributed by atoms with Crippen LogP contribution in [0.25, 0.3) is 0 Å². The number of aromatic nitrogens is 2. The highest BCUT2D eigenvalue weighted by Crippen LogP contribution is 2.71. The lowest BCUT2D eigenvalue weighted by molar-refractivity contribution is -0.0542. The number of aliphatic hydroxyl groups is 2. The largest absolute Gasteiger partial charge is 0.490 e. The predicted molar refractivity (Wildman–Crippen MR) is 127 cm³/mol. The molecule has 5 unspecified atom stereocenters. The maximum atomic E-state index is 12.1. The Hall–Kier alpha value is -1.66. The number of nitrogens with one attached hydrogen (secondary N) is 1. The molecule has 0 saturated carbocycles. The average molecular weight is 654 g/mol. The van der Waals surface area contributed by atoms with E-state index in [-0.39, 0.29) is 0 Å². The number of nitrogens with zero attached hydrogens (tertiary/aromatic N) is 1. The minimum absolute atomic E-state index is 0.338. The molecule has 3 rings (SSSR count). The van der Waals surface area contributed by atoms with Crippen LogP contribution in [0.5, 0.6) is 0 Å². The Morgan fingerprint density at radius 2 is 1.35 bits per heavy atom. The maximum absolute atomic E-state index is 12.1. The Kier molecular flexibility index (Phi) is 10.4. The van der Waals surface area contributed by atoms with E-state index in [2.05, 4.69) is 22.0 Å². The van der Waals surface area contributed by atoms with Crippen molar-refractivity contribution in [1.82, 2.24) is 9.55 Å². The van der Waals surface area contributed by atoms with Crippen molar-refractivity contribution in [3.63, 3.8) is 0 Å². The summed E-state index contributed by atoms with van der Waals surface area (Å²) in [4.78, 5) is 63.4. The summed E-state index contributed by atoms with van der Waals surface area (Å²) in [5.41, 5.74) is -1.47. The SMILES string of the molecule is O=c1ccn([C@@H]2O[C@H](COP(=O)(O)OP(=O)(O)OP(=O)(O)OP(=O)(O)OCc3ccccc3)C(O)[C@@H]2O)c(=O)[nH]1. The van der Waals surface area contributed by atoms with Crippen LogP contribution in [-0.4, -0.2) is 64.3 Å². The molecule has 0 bridgehead atoms. The number of aromatic amines is 1. The molecule has 1 aliphatic rings. The average Bonchev–Trinajstić information content (AvgIpc) is 3.08. The number of phosphoric acid groups is 4. The van der Waals surface area contributed by atoms with Gasteiger partial charge in [0, 0.05) is 12.3 Å². The molecule has 2 heterocycles. The van der Waals surface area contributed by atoms with E-state index >= 15 is 0 Å². The van der Waals surface area contributed by atoms with Crippen molar-refractivity contribution < 1.29 is 74.8 Å². The first-order chi connectivity index (χ1) is 18.4. The molecule has 0 radical (unpaired) electrons. The molecule has 224 valence electrons. The van der Waals surface area contributed by atoms with Gasteiger partial charge in [0.15, 0.2) is 6.23 Å². The third kappa shape index (κ3) is 9.44. The zero-order valence-electron chi connectivity index (χ0n) is 19.6. The van der Waals surface area contributed by atoms with Gasteiger partial charge in [0.25, 0.3) is 5.56 Å². The van der Waals surface area contributed by atoms with E-state index in [4.69, 9.17) is 4.74 Å². The Morgan fingerprint density at radius 1 is 0.800 bits per heavy atom. The number of benzene rings is 1. The highest BCUT2D eigenvalue weighted by atomic mass is 31.3. The fourth-order valence-electron chi connectivity index (χ4n) is 3.09. The Morgan fingerprint density at radius 3 is 1.93 bits per heavy atom. The Bertz CT molecular complexity index is 1490. The molecule has 1 fully saturated rings. The fraction of sp³-hybridized carbons (Fsp3) is 0.375. The number of hydrogen-bond donors (Lipinski definition) is 7. The van der Waals surface area contributed by atoms with Crippen LogP contribution in [0.2, 0.25) is 0 Å². The van der Waals surface area contributed by atoms with Gasteiger partial charge in [0.1, 0.15) is 18.3 Å². The summed E-state index contributed by atoms with van der Waals surface area (Å²) in [5.74, 6) is 0. The Balaban J connectivity index is 1.57. The first-order valence-corrected chi connectivity index (χ1v) is 16.5. The van der Waals surface area contributed by atoms with Crippen LogP contribution in [-0.2, 0) is 51.6 Å². The summed E-state index contributed by atoms with van der Waals surface area (Å²) in [7, 11) is -23.1. The fourth-order valence-corrected chi connectivity index (χ4v) is 8.02. The van der Waals surface area contributed by atoms with Gasteiger partial charge in [0.05, 0.1) is 13.2 Å². The molecule has 0 aliphatic carbocycles. The normalized spacial score (nSPS) is 27.2. The standard InChI is InChI=1S/C16H22N2O18P4/c19-12-6-7-18(16(22)17-12)15-14(21)13(20)11(33-15)9-32-38(25,26)35-40(29,30)36-39(27,28)34-37(23,24)31-8-10-4-2-1-3-5-10/h1-7,11,13-15,20-21H,8-9H2,(H,23,24)(H,25,26)(H,27,28)(H,29,30)(H,17,19,22)/t11-,13?,14+,15-/m1/s1. The van der Waals surface area contributed by atoms with E-state index in [9.17, 15) is 57.6 Å². The summed E-state index contributed by atoms with van der Waals surface area (Å²) in [5, 5.41) is 20.2. The summed E-state index contributed by atoms with van der Waals surface area (Å²) < 4.78 is 74.1. The number of aliphatic hydroxyl groups excluding tert-OH is 2. The van der Waals surface area contributed by atoms with Crippen molar-refractivity contribution >= 4 is 31.3 Å². The van der Waals surface area contributed by atoms with E-state index < -0.39 is 80.3 Å². The molecule has 1 saturated heterocycles. The van der Waals surface area contributed by atoms with Crippen LogP contribution >= 0.6 is 31.3 Å². The quantitative estimate of drug-likeness (QED) is 0.138. The van der Waals surface area contributed by atoms with Crippen LogP contribution < -0.4 is 11.2 Å². The topological polar surface area (TPSA) is 300 Å². The molecule has 8 atom stereocenters. The van der Waals surface area contributed by atoms with Crippen molar-refractivity contribution in [2.24, 2.45) is 0 Å². The molecule has 40 heavy (non-hydrogen) atoms. The second-order valence-electron chi connectivity index (χ2n) is 7.74. The molecule has 0 spiro atoms. The first kappa shape index (κ1) is 32.8. The summed E-state index contributed by atoms with van der Waals surface area (Å²) in [6, 6.07) is 8.54. The van der Waals surface area contributed by atoms with Crippen LogP contribution in [0.15, 0.2) is 52.2 Å². The minimum Gasteiger partial charge on any atom is -0.387 e. The lowest BCUT2D eigenvalue weighted by Crippen LogP contribution is -2.37. The van der Waals surface area contributed by atoms with Crippen molar-refractivity contribution in [3.8, 4) is 0 Å². The summed E-state index contributed by atoms with van der Waals surface area (Å²) in [6.45, 7) is -1.73. The monoisotopic (exact) mass is 654 g/mol. The zero-order chi connectivity index (χ0) is 29.9. The van der Waals surface area contributed by atoms with Gasteiger partial charge in [-0.3, -0.25) is 23.4 Å².